The van der Waals surface area contributed by atoms with Crippen LogP contribution in [0.5, 0.6) is 5.75 Å². The molecule has 132 valence electrons. The molecule has 0 bridgehead atoms. The zero-order valence-electron chi connectivity index (χ0n) is 13.0. The molecular formula is C18H11F2NO5. The van der Waals surface area contributed by atoms with Crippen LogP contribution in [0, 0.1) is 0 Å². The predicted octanol–water partition coefficient (Wildman–Crippen LogP) is 3.90. The maximum absolute atomic E-state index is 12.3. The Bertz CT molecular complexity index is 1000. The molecule has 0 radical (unpaired) electrons. The summed E-state index contributed by atoms with van der Waals surface area (Å²) in [5.74, 6) is -2.86. The molecule has 2 aromatic carbocycles. The van der Waals surface area contributed by atoms with Gasteiger partial charge in [-0.1, -0.05) is 30.3 Å². The molecule has 0 spiro atoms. The molecule has 0 aliphatic heterocycles. The number of pyridine rings is 1. The van der Waals surface area contributed by atoms with Crippen LogP contribution < -0.4 is 4.74 Å². The number of carbonyl (C=O) groups is 2. The van der Waals surface area contributed by atoms with Gasteiger partial charge < -0.3 is 14.9 Å². The molecule has 26 heavy (non-hydrogen) atoms. The molecule has 1 heterocycles. The highest BCUT2D eigenvalue weighted by Gasteiger charge is 2.25. The van der Waals surface area contributed by atoms with Crippen molar-refractivity contribution in [1.29, 1.82) is 0 Å². The number of benzene rings is 2. The molecule has 0 amide bonds. The predicted molar refractivity (Wildman–Crippen MR) is 87.7 cm³/mol. The summed E-state index contributed by atoms with van der Waals surface area (Å²) >= 11 is 0. The fourth-order valence-electron chi connectivity index (χ4n) is 2.67. The van der Waals surface area contributed by atoms with E-state index in [4.69, 9.17) is 0 Å². The standard InChI is InChI=1S/C18H11F2NO5/c19-18(20)26-10-7-5-9(6-8-10)13-14(16(22)23)11-3-1-2-4-12(11)21-15(13)17(24)25/h1-8,18H,(H,22,23)(H,24,25). The molecule has 0 atom stereocenters. The SMILES string of the molecule is O=C(O)c1nc2ccccc2c(C(=O)O)c1-c1ccc(OC(F)F)cc1. The minimum atomic E-state index is -3.01. The average molecular weight is 359 g/mol. The lowest BCUT2D eigenvalue weighted by atomic mass is 9.94. The summed E-state index contributed by atoms with van der Waals surface area (Å²) < 4.78 is 28.8. The molecule has 1 aromatic heterocycles. The van der Waals surface area contributed by atoms with Crippen molar-refractivity contribution >= 4 is 22.8 Å². The third-order valence-electron chi connectivity index (χ3n) is 3.68. The van der Waals surface area contributed by atoms with E-state index in [2.05, 4.69) is 9.72 Å². The van der Waals surface area contributed by atoms with Crippen molar-refractivity contribution in [2.45, 2.75) is 6.61 Å². The van der Waals surface area contributed by atoms with Crippen molar-refractivity contribution in [3.05, 3.63) is 59.8 Å². The number of hydrogen-bond acceptors (Lipinski definition) is 4. The molecule has 0 saturated heterocycles. The summed E-state index contributed by atoms with van der Waals surface area (Å²) in [5.41, 5.74) is -0.338. The number of aromatic nitrogens is 1. The van der Waals surface area contributed by atoms with Crippen LogP contribution in [0.25, 0.3) is 22.0 Å². The highest BCUT2D eigenvalue weighted by Crippen LogP contribution is 2.33. The minimum Gasteiger partial charge on any atom is -0.478 e. The minimum absolute atomic E-state index is 0.104. The van der Waals surface area contributed by atoms with E-state index >= 15 is 0 Å². The zero-order valence-corrected chi connectivity index (χ0v) is 13.0. The van der Waals surface area contributed by atoms with Gasteiger partial charge in [-0.2, -0.15) is 8.78 Å². The van der Waals surface area contributed by atoms with Gasteiger partial charge in [-0.15, -0.1) is 0 Å². The number of ether oxygens (including phenoxy) is 1. The number of aromatic carboxylic acids is 2. The first-order valence-electron chi connectivity index (χ1n) is 7.33. The fraction of sp³-hybridized carbons (Fsp3) is 0.0556. The zero-order chi connectivity index (χ0) is 18.8. The number of hydrogen-bond donors (Lipinski definition) is 2. The second kappa shape index (κ2) is 6.75. The lowest BCUT2D eigenvalue weighted by Gasteiger charge is -2.13. The molecule has 0 saturated carbocycles. The van der Waals surface area contributed by atoms with Crippen LogP contribution in [-0.4, -0.2) is 33.7 Å². The van der Waals surface area contributed by atoms with Crippen LogP contribution >= 0.6 is 0 Å². The van der Waals surface area contributed by atoms with Crippen LogP contribution in [-0.2, 0) is 0 Å². The van der Waals surface area contributed by atoms with E-state index in [1.807, 2.05) is 0 Å². The van der Waals surface area contributed by atoms with Gasteiger partial charge >= 0.3 is 18.6 Å². The summed E-state index contributed by atoms with van der Waals surface area (Å²) in [6.07, 6.45) is 0. The van der Waals surface area contributed by atoms with Crippen molar-refractivity contribution in [3.8, 4) is 16.9 Å². The number of fused-ring (bicyclic) bond motifs is 1. The molecule has 6 nitrogen and oxygen atoms in total. The maximum atomic E-state index is 12.3. The van der Waals surface area contributed by atoms with Crippen molar-refractivity contribution in [1.82, 2.24) is 4.98 Å². The molecule has 0 fully saturated rings. The second-order valence-electron chi connectivity index (χ2n) is 5.24. The first-order chi connectivity index (χ1) is 12.4. The van der Waals surface area contributed by atoms with Gasteiger partial charge in [0.2, 0.25) is 0 Å². The third kappa shape index (κ3) is 3.16. The fourth-order valence-corrected chi connectivity index (χ4v) is 2.67. The van der Waals surface area contributed by atoms with Crippen molar-refractivity contribution in [2.24, 2.45) is 0 Å². The van der Waals surface area contributed by atoms with Gasteiger partial charge in [0.25, 0.3) is 0 Å². The van der Waals surface area contributed by atoms with Crippen molar-refractivity contribution in [2.75, 3.05) is 0 Å². The first kappa shape index (κ1) is 17.3. The number of halogens is 2. The summed E-state index contributed by atoms with van der Waals surface area (Å²) in [7, 11) is 0. The van der Waals surface area contributed by atoms with Crippen LogP contribution in [0.15, 0.2) is 48.5 Å². The lowest BCUT2D eigenvalue weighted by Crippen LogP contribution is -2.11. The summed E-state index contributed by atoms with van der Waals surface area (Å²) in [6, 6.07) is 11.3. The van der Waals surface area contributed by atoms with Gasteiger partial charge in [0.1, 0.15) is 5.75 Å². The van der Waals surface area contributed by atoms with Crippen LogP contribution in [0.1, 0.15) is 20.8 Å². The number of carboxylic acids is 2. The largest absolute Gasteiger partial charge is 0.478 e. The van der Waals surface area contributed by atoms with Crippen molar-refractivity contribution < 1.29 is 33.3 Å². The monoisotopic (exact) mass is 359 g/mol. The van der Waals surface area contributed by atoms with E-state index in [-0.39, 0.29) is 33.3 Å². The van der Waals surface area contributed by atoms with E-state index < -0.39 is 24.2 Å². The lowest BCUT2D eigenvalue weighted by molar-refractivity contribution is -0.0498. The Morgan fingerprint density at radius 3 is 2.19 bits per heavy atom. The van der Waals surface area contributed by atoms with Crippen LogP contribution in [0.3, 0.4) is 0 Å². The van der Waals surface area contributed by atoms with Crippen molar-refractivity contribution in [3.63, 3.8) is 0 Å². The molecule has 3 rings (SSSR count). The summed E-state index contributed by atoms with van der Waals surface area (Å²) in [5, 5.41) is 19.4. The van der Waals surface area contributed by atoms with Gasteiger partial charge in [0.15, 0.2) is 5.69 Å². The highest BCUT2D eigenvalue weighted by atomic mass is 19.3. The van der Waals surface area contributed by atoms with Gasteiger partial charge in [0.05, 0.1) is 11.1 Å². The van der Waals surface area contributed by atoms with Gasteiger partial charge in [-0.05, 0) is 23.8 Å². The highest BCUT2D eigenvalue weighted by molar-refractivity contribution is 6.12. The molecule has 2 N–H and O–H groups in total. The maximum Gasteiger partial charge on any atom is 0.387 e. The third-order valence-corrected chi connectivity index (χ3v) is 3.68. The molecule has 0 aliphatic rings. The second-order valence-corrected chi connectivity index (χ2v) is 5.24. The molecular weight excluding hydrogens is 348 g/mol. The Labute approximate surface area is 145 Å². The van der Waals surface area contributed by atoms with E-state index in [9.17, 15) is 28.6 Å². The average Bonchev–Trinajstić information content (AvgIpc) is 2.60. The number of rotatable bonds is 5. The Morgan fingerprint density at radius 2 is 1.62 bits per heavy atom. The number of carboxylic acid groups (broad SMARTS) is 2. The molecule has 0 unspecified atom stereocenters. The molecule has 0 aliphatic carbocycles. The van der Waals surface area contributed by atoms with Gasteiger partial charge in [0, 0.05) is 10.9 Å². The van der Waals surface area contributed by atoms with E-state index in [0.29, 0.717) is 0 Å². The molecule has 8 heteroatoms. The van der Waals surface area contributed by atoms with Gasteiger partial charge in [-0.25, -0.2) is 14.6 Å². The van der Waals surface area contributed by atoms with E-state index in [0.717, 1.165) is 0 Å². The van der Waals surface area contributed by atoms with Gasteiger partial charge in [-0.3, -0.25) is 0 Å². The van der Waals surface area contributed by atoms with Crippen LogP contribution in [0.4, 0.5) is 8.78 Å². The number of alkyl halides is 2. The smallest absolute Gasteiger partial charge is 0.387 e. The Hall–Kier alpha value is -3.55. The Kier molecular flexibility index (Phi) is 4.49. The molecule has 3 aromatic rings. The number of para-hydroxylation sites is 1. The van der Waals surface area contributed by atoms with Crippen LogP contribution in [0.2, 0.25) is 0 Å². The first-order valence-corrected chi connectivity index (χ1v) is 7.33. The number of nitrogens with zero attached hydrogens (tertiary/aromatic N) is 1. The Morgan fingerprint density at radius 1 is 0.962 bits per heavy atom. The van der Waals surface area contributed by atoms with E-state index in [1.165, 1.54) is 36.4 Å². The quantitative estimate of drug-likeness (QED) is 0.717. The summed E-state index contributed by atoms with van der Waals surface area (Å²) in [6.45, 7) is -3.01. The topological polar surface area (TPSA) is 96.7 Å². The summed E-state index contributed by atoms with van der Waals surface area (Å²) in [4.78, 5) is 27.5. The Balaban J connectivity index is 2.29. The van der Waals surface area contributed by atoms with E-state index in [1.54, 1.807) is 12.1 Å². The normalized spacial score (nSPS) is 10.9.